The van der Waals surface area contributed by atoms with Crippen molar-refractivity contribution in [3.05, 3.63) is 28.2 Å². The Morgan fingerprint density at radius 1 is 1.29 bits per heavy atom. The van der Waals surface area contributed by atoms with Crippen LogP contribution in [0, 0.1) is 0 Å². The van der Waals surface area contributed by atoms with Gasteiger partial charge in [-0.3, -0.25) is 4.79 Å². The van der Waals surface area contributed by atoms with Gasteiger partial charge in [0.15, 0.2) is 5.81 Å². The van der Waals surface area contributed by atoms with Crippen molar-refractivity contribution < 1.29 is 4.79 Å². The molecule has 0 unspecified atom stereocenters. The number of hydrogen-bond donors (Lipinski definition) is 0. The molecule has 0 N–H and O–H groups in total. The van der Waals surface area contributed by atoms with E-state index in [9.17, 15) is 4.79 Å². The van der Waals surface area contributed by atoms with Gasteiger partial charge in [-0.1, -0.05) is 34.7 Å². The second kappa shape index (κ2) is 4.71. The van der Waals surface area contributed by atoms with E-state index in [1.807, 2.05) is 0 Å². The number of amides is 1. The number of carbonyl (C=O) groups excluding carboxylic acids is 1. The first-order valence-electron chi connectivity index (χ1n) is 4.15. The van der Waals surface area contributed by atoms with Crippen molar-refractivity contribution in [3.63, 3.8) is 0 Å². The van der Waals surface area contributed by atoms with E-state index < -0.39 is 0 Å². The molecule has 1 rings (SSSR count). The molecule has 0 aromatic heterocycles. The van der Waals surface area contributed by atoms with Crippen molar-refractivity contribution in [1.82, 2.24) is 4.90 Å². The number of carbonyl (C=O) groups is 1. The maximum absolute atomic E-state index is 11.4. The third-order valence-corrected chi connectivity index (χ3v) is 2.58. The lowest BCUT2D eigenvalue weighted by Crippen LogP contribution is -2.32. The van der Waals surface area contributed by atoms with E-state index in [-0.39, 0.29) is 5.81 Å². The van der Waals surface area contributed by atoms with Gasteiger partial charge >= 0.3 is 0 Å². The second-order valence-corrected chi connectivity index (χ2v) is 4.03. The van der Waals surface area contributed by atoms with Gasteiger partial charge < -0.3 is 4.90 Å². The van der Waals surface area contributed by atoms with Crippen LogP contribution in [0.25, 0.3) is 0 Å². The van der Waals surface area contributed by atoms with E-state index in [0.29, 0.717) is 17.3 Å². The summed E-state index contributed by atoms with van der Waals surface area (Å²) in [6.07, 6.45) is 0. The normalized spacial score (nSPS) is 9.71. The highest BCUT2D eigenvalue weighted by Gasteiger charge is 2.09. The van der Waals surface area contributed by atoms with Gasteiger partial charge in [0.1, 0.15) is 0 Å². The van der Waals surface area contributed by atoms with Gasteiger partial charge in [0, 0.05) is 14.1 Å². The first kappa shape index (κ1) is 11.4. The smallest absolute Gasteiger partial charge is 0.267 e. The van der Waals surface area contributed by atoms with Crippen LogP contribution in [0.4, 0.5) is 4.79 Å². The Labute approximate surface area is 94.0 Å². The molecular weight excluding hydrogens is 220 g/mol. The van der Waals surface area contributed by atoms with Crippen LogP contribution in [0.1, 0.15) is 0 Å². The van der Waals surface area contributed by atoms with Crippen LogP contribution >= 0.6 is 23.2 Å². The molecule has 0 aliphatic rings. The summed E-state index contributed by atoms with van der Waals surface area (Å²) in [5.74, 6) is 0.0448. The van der Waals surface area contributed by atoms with Crippen molar-refractivity contribution in [2.45, 2.75) is 0 Å². The molecule has 0 saturated carbocycles. The predicted octanol–water partition coefficient (Wildman–Crippen LogP) is 1.74. The first-order chi connectivity index (χ1) is 6.50. The number of rotatable bonds is 2. The van der Waals surface area contributed by atoms with Crippen LogP contribution in [-0.2, 0) is 0 Å². The van der Waals surface area contributed by atoms with Gasteiger partial charge in [-0.05, 0) is 12.1 Å². The molecule has 14 heavy (non-hydrogen) atoms. The molecule has 74 valence electrons. The van der Waals surface area contributed by atoms with Crippen molar-refractivity contribution in [3.8, 4) is 0 Å². The second-order valence-electron chi connectivity index (χ2n) is 3.21. The quantitative estimate of drug-likeness (QED) is 0.708. The Morgan fingerprint density at radius 3 is 2.43 bits per heavy atom. The highest BCUT2D eigenvalue weighted by atomic mass is 35.5. The monoisotopic (exact) mass is 229 g/mol. The Balaban J connectivity index is 2.78. The van der Waals surface area contributed by atoms with Gasteiger partial charge in [-0.2, -0.15) is 0 Å². The summed E-state index contributed by atoms with van der Waals surface area (Å²) in [6, 6.07) is 5.21. The van der Waals surface area contributed by atoms with Gasteiger partial charge in [0.2, 0.25) is 0 Å². The molecule has 0 fully saturated rings. The van der Waals surface area contributed by atoms with Gasteiger partial charge in [0.05, 0.1) is 10.0 Å². The zero-order chi connectivity index (χ0) is 10.7. The summed E-state index contributed by atoms with van der Waals surface area (Å²) >= 11 is 11.6. The Hall–Kier alpha value is -0.665. The van der Waals surface area contributed by atoms with Gasteiger partial charge in [-0.15, -0.1) is 0 Å². The Morgan fingerprint density at radius 2 is 1.93 bits per heavy atom. The van der Waals surface area contributed by atoms with Gasteiger partial charge in [-0.25, -0.2) is 0 Å². The van der Waals surface area contributed by atoms with Crippen molar-refractivity contribution in [2.24, 2.45) is 0 Å². The fourth-order valence-corrected chi connectivity index (χ4v) is 1.30. The first-order valence-corrected chi connectivity index (χ1v) is 4.90. The van der Waals surface area contributed by atoms with Crippen molar-refractivity contribution >= 4 is 41.8 Å². The standard InChI is InChI=1S/C9H10BCl2NO/c1-13(2)9(14)10-6-3-4-7(11)8(12)5-6/h3-5,10H,1-2H3. The molecule has 1 aromatic carbocycles. The molecule has 0 saturated heterocycles. The van der Waals surface area contributed by atoms with Crippen LogP contribution < -0.4 is 5.46 Å². The molecule has 1 aromatic rings. The predicted molar refractivity (Wildman–Crippen MR) is 62.3 cm³/mol. The maximum Gasteiger partial charge on any atom is 0.267 e. The van der Waals surface area contributed by atoms with E-state index in [1.54, 1.807) is 37.2 Å². The van der Waals surface area contributed by atoms with Crippen molar-refractivity contribution in [2.75, 3.05) is 14.1 Å². The van der Waals surface area contributed by atoms with Crippen LogP contribution in [-0.4, -0.2) is 32.1 Å². The molecule has 0 spiro atoms. The van der Waals surface area contributed by atoms with Crippen LogP contribution in [0.15, 0.2) is 18.2 Å². The number of nitrogens with zero attached hydrogens (tertiary/aromatic N) is 1. The summed E-state index contributed by atoms with van der Waals surface area (Å²) < 4.78 is 0. The minimum absolute atomic E-state index is 0.0448. The molecule has 0 radical (unpaired) electrons. The maximum atomic E-state index is 11.4. The van der Waals surface area contributed by atoms with E-state index in [0.717, 1.165) is 5.46 Å². The Kier molecular flexibility index (Phi) is 3.84. The molecule has 1 amide bonds. The molecule has 0 aliphatic heterocycles. The van der Waals surface area contributed by atoms with E-state index in [2.05, 4.69) is 0 Å². The number of benzene rings is 1. The summed E-state index contributed by atoms with van der Waals surface area (Å²) in [5.41, 5.74) is 0.873. The zero-order valence-electron chi connectivity index (χ0n) is 8.05. The molecule has 2 nitrogen and oxygen atoms in total. The summed E-state index contributed by atoms with van der Waals surface area (Å²) in [5, 5.41) is 0.989. The highest BCUT2D eigenvalue weighted by molar-refractivity contribution is 6.83. The van der Waals surface area contributed by atoms with Crippen LogP contribution in [0.3, 0.4) is 0 Å². The minimum Gasteiger partial charge on any atom is -0.357 e. The highest BCUT2D eigenvalue weighted by Crippen LogP contribution is 2.18. The SMILES string of the molecule is CN(C)C(=O)Bc1ccc(Cl)c(Cl)c1. The lowest BCUT2D eigenvalue weighted by atomic mass is 9.69. The van der Waals surface area contributed by atoms with E-state index >= 15 is 0 Å². The lowest BCUT2D eigenvalue weighted by Gasteiger charge is -2.09. The Bertz CT molecular complexity index is 355. The molecule has 0 bridgehead atoms. The zero-order valence-corrected chi connectivity index (χ0v) is 9.56. The number of halogens is 2. The largest absolute Gasteiger partial charge is 0.357 e. The fraction of sp³-hybridized carbons (Fsp3) is 0.222. The molecule has 0 heterocycles. The lowest BCUT2D eigenvalue weighted by molar-refractivity contribution is 0.239. The average Bonchev–Trinajstić information content (AvgIpc) is 2.11. The fourth-order valence-electron chi connectivity index (χ4n) is 0.982. The summed E-state index contributed by atoms with van der Waals surface area (Å²) in [7, 11) is 3.80. The van der Waals surface area contributed by atoms with E-state index in [4.69, 9.17) is 23.2 Å². The van der Waals surface area contributed by atoms with Crippen LogP contribution in [0.5, 0.6) is 0 Å². The third-order valence-electron chi connectivity index (χ3n) is 1.84. The molecule has 0 atom stereocenters. The van der Waals surface area contributed by atoms with Gasteiger partial charge in [0.25, 0.3) is 7.28 Å². The molecule has 0 aliphatic carbocycles. The van der Waals surface area contributed by atoms with Crippen LogP contribution in [0.2, 0.25) is 10.0 Å². The molecule has 5 heteroatoms. The summed E-state index contributed by atoms with van der Waals surface area (Å²) in [6.45, 7) is 0. The average molecular weight is 230 g/mol. The summed E-state index contributed by atoms with van der Waals surface area (Å²) in [4.78, 5) is 12.9. The van der Waals surface area contributed by atoms with E-state index in [1.165, 1.54) is 0 Å². The molecular formula is C9H10BCl2NO. The number of hydrogen-bond acceptors (Lipinski definition) is 1. The minimum atomic E-state index is 0.0448. The van der Waals surface area contributed by atoms with Crippen molar-refractivity contribution in [1.29, 1.82) is 0 Å². The topological polar surface area (TPSA) is 20.3 Å². The third kappa shape index (κ3) is 2.93.